The van der Waals surface area contributed by atoms with E-state index in [0.29, 0.717) is 6.42 Å². The van der Waals surface area contributed by atoms with Crippen molar-refractivity contribution < 1.29 is 12.6 Å². The van der Waals surface area contributed by atoms with E-state index >= 15 is 0 Å². The monoisotopic (exact) mass is 314 g/mol. The zero-order valence-corrected chi connectivity index (χ0v) is 14.5. The van der Waals surface area contributed by atoms with Crippen molar-refractivity contribution in [3.05, 3.63) is 30.3 Å². The minimum absolute atomic E-state index is 0.212. The zero-order valence-electron chi connectivity index (χ0n) is 13.7. The van der Waals surface area contributed by atoms with Crippen molar-refractivity contribution in [1.82, 2.24) is 0 Å². The van der Waals surface area contributed by atoms with Gasteiger partial charge in [-0.15, -0.1) is 0 Å². The summed E-state index contributed by atoms with van der Waals surface area (Å²) in [5.74, 6) is 0. The molecule has 122 valence electrons. The van der Waals surface area contributed by atoms with Gasteiger partial charge in [0, 0.05) is 0 Å². The van der Waals surface area contributed by atoms with Crippen LogP contribution in [-0.2, 0) is 14.3 Å². The summed E-state index contributed by atoms with van der Waals surface area (Å²) in [6.07, 6.45) is 9.17. The van der Waals surface area contributed by atoms with Crippen LogP contribution in [0, 0.1) is 0 Å². The summed E-state index contributed by atoms with van der Waals surface area (Å²) in [6.45, 7) is 6.61. The quantitative estimate of drug-likeness (QED) is 0.466. The van der Waals surface area contributed by atoms with Crippen molar-refractivity contribution in [2.45, 2.75) is 70.6 Å². The number of unbranched alkanes of at least 4 members (excludes halogenated alkanes) is 5. The molecule has 0 aromatic heterocycles. The Labute approximate surface area is 130 Å². The maximum absolute atomic E-state index is 11.4. The summed E-state index contributed by atoms with van der Waals surface area (Å²) in [7, 11) is -3.52. The van der Waals surface area contributed by atoms with Crippen molar-refractivity contribution in [3.63, 3.8) is 0 Å². The van der Waals surface area contributed by atoms with Crippen molar-refractivity contribution >= 4 is 10.1 Å². The smallest absolute Gasteiger partial charge is 0.266 e. The van der Waals surface area contributed by atoms with Crippen molar-refractivity contribution in [2.24, 2.45) is 0 Å². The first kappa shape index (κ1) is 20.1. The molecule has 0 fully saturated rings. The van der Waals surface area contributed by atoms with Gasteiger partial charge in [0.15, 0.2) is 0 Å². The average molecular weight is 314 g/mol. The lowest BCUT2D eigenvalue weighted by Gasteiger charge is -2.02. The minimum atomic E-state index is -3.52. The molecule has 0 amide bonds. The minimum Gasteiger partial charge on any atom is -0.266 e. The van der Waals surface area contributed by atoms with E-state index in [9.17, 15) is 8.42 Å². The van der Waals surface area contributed by atoms with Crippen LogP contribution in [0.3, 0.4) is 0 Å². The SMILES string of the molecule is CCCCCCCC.CCCOS(=O)(=O)c1ccccc1. The molecular weight excluding hydrogens is 284 g/mol. The van der Waals surface area contributed by atoms with Crippen LogP contribution in [0.15, 0.2) is 35.2 Å². The lowest BCUT2D eigenvalue weighted by atomic mass is 10.1. The fourth-order valence-corrected chi connectivity index (χ4v) is 2.71. The van der Waals surface area contributed by atoms with Crippen LogP contribution in [0.1, 0.15) is 65.7 Å². The van der Waals surface area contributed by atoms with Crippen molar-refractivity contribution in [1.29, 1.82) is 0 Å². The van der Waals surface area contributed by atoms with Gasteiger partial charge in [0.1, 0.15) is 0 Å². The lowest BCUT2D eigenvalue weighted by Crippen LogP contribution is -2.06. The number of hydrogen-bond acceptors (Lipinski definition) is 3. The van der Waals surface area contributed by atoms with E-state index in [4.69, 9.17) is 4.18 Å². The predicted octanol–water partition coefficient (Wildman–Crippen LogP) is 5.17. The number of benzene rings is 1. The molecule has 0 aliphatic heterocycles. The Kier molecular flexibility index (Phi) is 12.3. The van der Waals surface area contributed by atoms with Gasteiger partial charge >= 0.3 is 0 Å². The van der Waals surface area contributed by atoms with Gasteiger partial charge in [-0.1, -0.05) is 77.5 Å². The summed E-state index contributed by atoms with van der Waals surface area (Å²) in [5.41, 5.74) is 0. The highest BCUT2D eigenvalue weighted by atomic mass is 32.2. The van der Waals surface area contributed by atoms with Crippen LogP contribution in [-0.4, -0.2) is 15.0 Å². The first-order valence-corrected chi connectivity index (χ1v) is 9.43. The Hall–Kier alpha value is -0.870. The maximum Gasteiger partial charge on any atom is 0.296 e. The van der Waals surface area contributed by atoms with E-state index < -0.39 is 10.1 Å². The van der Waals surface area contributed by atoms with E-state index in [1.54, 1.807) is 18.2 Å². The highest BCUT2D eigenvalue weighted by molar-refractivity contribution is 7.86. The van der Waals surface area contributed by atoms with Crippen LogP contribution < -0.4 is 0 Å². The molecule has 1 aromatic rings. The Morgan fingerprint density at radius 2 is 1.33 bits per heavy atom. The standard InChI is InChI=1S/C9H12O3S.C8H18/c1-2-8-12-13(10,11)9-6-4-3-5-7-9;1-3-5-7-8-6-4-2/h3-7H,2,8H2,1H3;3-8H2,1-2H3. The second kappa shape index (κ2) is 12.8. The first-order valence-electron chi connectivity index (χ1n) is 8.02. The highest BCUT2D eigenvalue weighted by Gasteiger charge is 2.12. The molecule has 1 aromatic carbocycles. The van der Waals surface area contributed by atoms with Crippen LogP contribution in [0.4, 0.5) is 0 Å². The third kappa shape index (κ3) is 10.5. The second-order valence-corrected chi connectivity index (χ2v) is 6.62. The average Bonchev–Trinajstić information content (AvgIpc) is 2.51. The fraction of sp³-hybridized carbons (Fsp3) is 0.647. The summed E-state index contributed by atoms with van der Waals surface area (Å²) in [4.78, 5) is 0.212. The molecule has 0 heterocycles. The Balaban J connectivity index is 0.000000433. The van der Waals surface area contributed by atoms with E-state index in [2.05, 4.69) is 13.8 Å². The molecule has 0 aliphatic rings. The van der Waals surface area contributed by atoms with Crippen LogP contribution >= 0.6 is 0 Å². The molecule has 0 spiro atoms. The first-order chi connectivity index (χ1) is 10.1. The van der Waals surface area contributed by atoms with Gasteiger partial charge in [0.25, 0.3) is 10.1 Å². The molecular formula is C17H30O3S. The van der Waals surface area contributed by atoms with Crippen LogP contribution in [0.25, 0.3) is 0 Å². The normalized spacial score (nSPS) is 10.8. The van der Waals surface area contributed by atoms with Gasteiger partial charge < -0.3 is 0 Å². The van der Waals surface area contributed by atoms with Gasteiger partial charge in [-0.05, 0) is 18.6 Å². The van der Waals surface area contributed by atoms with E-state index in [-0.39, 0.29) is 11.5 Å². The highest BCUT2D eigenvalue weighted by Crippen LogP contribution is 2.11. The Morgan fingerprint density at radius 3 is 1.76 bits per heavy atom. The zero-order chi connectivity index (χ0) is 16.0. The summed E-state index contributed by atoms with van der Waals surface area (Å²) in [6, 6.07) is 8.14. The van der Waals surface area contributed by atoms with Crippen molar-refractivity contribution in [2.75, 3.05) is 6.61 Å². The number of rotatable bonds is 9. The van der Waals surface area contributed by atoms with Crippen LogP contribution in [0.2, 0.25) is 0 Å². The van der Waals surface area contributed by atoms with Gasteiger partial charge in [0.05, 0.1) is 11.5 Å². The molecule has 0 saturated carbocycles. The van der Waals surface area contributed by atoms with Gasteiger partial charge in [-0.2, -0.15) is 8.42 Å². The topological polar surface area (TPSA) is 43.4 Å². The van der Waals surface area contributed by atoms with Gasteiger partial charge in [-0.25, -0.2) is 0 Å². The second-order valence-electron chi connectivity index (χ2n) is 5.00. The molecule has 0 saturated heterocycles. The van der Waals surface area contributed by atoms with E-state index in [1.165, 1.54) is 50.7 Å². The molecule has 1 rings (SSSR count). The molecule has 0 unspecified atom stereocenters. The third-order valence-corrected chi connectivity index (χ3v) is 4.26. The molecule has 0 atom stereocenters. The van der Waals surface area contributed by atoms with E-state index in [1.807, 2.05) is 6.92 Å². The molecule has 21 heavy (non-hydrogen) atoms. The third-order valence-electron chi connectivity index (χ3n) is 2.93. The predicted molar refractivity (Wildman–Crippen MR) is 88.9 cm³/mol. The summed E-state index contributed by atoms with van der Waals surface area (Å²) < 4.78 is 27.5. The maximum atomic E-state index is 11.4. The van der Waals surface area contributed by atoms with Crippen molar-refractivity contribution in [3.8, 4) is 0 Å². The molecule has 0 bridgehead atoms. The fourth-order valence-electron chi connectivity index (χ4n) is 1.70. The number of hydrogen-bond donors (Lipinski definition) is 0. The van der Waals surface area contributed by atoms with Gasteiger partial charge in [0.2, 0.25) is 0 Å². The molecule has 4 heteroatoms. The lowest BCUT2D eigenvalue weighted by molar-refractivity contribution is 0.318. The Bertz CT molecular complexity index is 421. The largest absolute Gasteiger partial charge is 0.296 e. The summed E-state index contributed by atoms with van der Waals surface area (Å²) in [5, 5.41) is 0. The molecule has 0 N–H and O–H groups in total. The van der Waals surface area contributed by atoms with Gasteiger partial charge in [-0.3, -0.25) is 4.18 Å². The molecule has 3 nitrogen and oxygen atoms in total. The van der Waals surface area contributed by atoms with Crippen LogP contribution in [0.5, 0.6) is 0 Å². The molecule has 0 aliphatic carbocycles. The van der Waals surface area contributed by atoms with E-state index in [0.717, 1.165) is 0 Å². The molecule has 0 radical (unpaired) electrons. The Morgan fingerprint density at radius 1 is 0.810 bits per heavy atom. The summed E-state index contributed by atoms with van der Waals surface area (Å²) >= 11 is 0.